The maximum absolute atomic E-state index is 12.5. The van der Waals surface area contributed by atoms with Crippen molar-refractivity contribution in [2.45, 2.75) is 51.3 Å². The SMILES string of the molecule is CO[C@@H]1C[C@@H](C(=O)NCc2nonc2C)CC[C@H]1NC(=O)Cc1cccnc1. The number of amides is 2. The van der Waals surface area contributed by atoms with Gasteiger partial charge in [-0.05, 0) is 37.8 Å². The second-order valence-electron chi connectivity index (χ2n) is 7.01. The highest BCUT2D eigenvalue weighted by atomic mass is 16.6. The lowest BCUT2D eigenvalue weighted by molar-refractivity contribution is -0.129. The molecule has 0 aliphatic heterocycles. The summed E-state index contributed by atoms with van der Waals surface area (Å²) in [6, 6.07) is 3.56. The number of aryl methyl sites for hydroxylation is 1. The van der Waals surface area contributed by atoms with Crippen LogP contribution in [0.1, 0.15) is 36.2 Å². The molecule has 0 spiro atoms. The molecule has 28 heavy (non-hydrogen) atoms. The van der Waals surface area contributed by atoms with Crippen molar-refractivity contribution in [2.75, 3.05) is 7.11 Å². The zero-order chi connectivity index (χ0) is 19.9. The van der Waals surface area contributed by atoms with Crippen LogP contribution in [0.2, 0.25) is 0 Å². The van der Waals surface area contributed by atoms with Crippen LogP contribution in [0.4, 0.5) is 0 Å². The minimum Gasteiger partial charge on any atom is -0.379 e. The van der Waals surface area contributed by atoms with E-state index in [1.807, 2.05) is 6.07 Å². The highest BCUT2D eigenvalue weighted by Crippen LogP contribution is 2.27. The zero-order valence-electron chi connectivity index (χ0n) is 16.1. The zero-order valence-corrected chi connectivity index (χ0v) is 16.1. The standard InChI is InChI=1S/C19H25N5O4/c1-12-16(24-28-23-12)11-21-19(26)14-5-6-15(17(9-14)27-2)22-18(25)8-13-4-3-7-20-10-13/h3-4,7,10,14-15,17H,5-6,8-9,11H2,1-2H3,(H,21,26)(H,22,25)/t14-,15+,17+/m0/s1. The number of rotatable bonds is 7. The van der Waals surface area contributed by atoms with Crippen molar-refractivity contribution in [3.8, 4) is 0 Å². The van der Waals surface area contributed by atoms with Crippen molar-refractivity contribution < 1.29 is 19.0 Å². The maximum Gasteiger partial charge on any atom is 0.224 e. The van der Waals surface area contributed by atoms with Crippen LogP contribution in [0.3, 0.4) is 0 Å². The van der Waals surface area contributed by atoms with Crippen LogP contribution in [0.5, 0.6) is 0 Å². The van der Waals surface area contributed by atoms with Crippen molar-refractivity contribution in [2.24, 2.45) is 5.92 Å². The van der Waals surface area contributed by atoms with Gasteiger partial charge in [0.25, 0.3) is 0 Å². The van der Waals surface area contributed by atoms with E-state index in [4.69, 9.17) is 4.74 Å². The van der Waals surface area contributed by atoms with Gasteiger partial charge >= 0.3 is 0 Å². The maximum atomic E-state index is 12.5. The molecule has 9 heteroatoms. The van der Waals surface area contributed by atoms with E-state index < -0.39 is 0 Å². The third kappa shape index (κ3) is 5.13. The van der Waals surface area contributed by atoms with Crippen molar-refractivity contribution in [3.05, 3.63) is 41.5 Å². The Morgan fingerprint density at radius 3 is 2.86 bits per heavy atom. The summed E-state index contributed by atoms with van der Waals surface area (Å²) >= 11 is 0. The average Bonchev–Trinajstić information content (AvgIpc) is 3.12. The number of carbonyl (C=O) groups is 2. The Labute approximate surface area is 163 Å². The molecule has 0 saturated heterocycles. The van der Waals surface area contributed by atoms with Crippen LogP contribution in [0.25, 0.3) is 0 Å². The van der Waals surface area contributed by atoms with Crippen molar-refractivity contribution in [1.82, 2.24) is 25.9 Å². The molecule has 1 fully saturated rings. The van der Waals surface area contributed by atoms with Gasteiger partial charge in [0.1, 0.15) is 11.4 Å². The van der Waals surface area contributed by atoms with Crippen LogP contribution < -0.4 is 10.6 Å². The van der Waals surface area contributed by atoms with Crippen molar-refractivity contribution in [1.29, 1.82) is 0 Å². The fourth-order valence-electron chi connectivity index (χ4n) is 3.46. The number of nitrogens with one attached hydrogen (secondary N) is 2. The van der Waals surface area contributed by atoms with Crippen LogP contribution in [-0.2, 0) is 27.3 Å². The average molecular weight is 387 g/mol. The quantitative estimate of drug-likeness (QED) is 0.725. The predicted molar refractivity (Wildman–Crippen MR) is 98.9 cm³/mol. The number of hydrogen-bond donors (Lipinski definition) is 2. The number of pyridine rings is 1. The number of ether oxygens (including phenoxy) is 1. The molecule has 3 rings (SSSR count). The Kier molecular flexibility index (Phi) is 6.70. The highest BCUT2D eigenvalue weighted by molar-refractivity contribution is 5.80. The molecule has 0 radical (unpaired) electrons. The largest absolute Gasteiger partial charge is 0.379 e. The van der Waals surface area contributed by atoms with Crippen LogP contribution in [0.15, 0.2) is 29.2 Å². The molecule has 3 atom stereocenters. The minimum absolute atomic E-state index is 0.0513. The van der Waals surface area contributed by atoms with Gasteiger partial charge in [-0.1, -0.05) is 16.4 Å². The molecular formula is C19H25N5O4. The molecule has 2 heterocycles. The summed E-state index contributed by atoms with van der Waals surface area (Å²) in [7, 11) is 1.61. The summed E-state index contributed by atoms with van der Waals surface area (Å²) in [4.78, 5) is 28.8. The van der Waals surface area contributed by atoms with Gasteiger partial charge in [-0.2, -0.15) is 0 Å². The van der Waals surface area contributed by atoms with E-state index >= 15 is 0 Å². The molecule has 150 valence electrons. The van der Waals surface area contributed by atoms with E-state index in [1.54, 1.807) is 32.5 Å². The first-order valence-corrected chi connectivity index (χ1v) is 9.33. The van der Waals surface area contributed by atoms with Gasteiger partial charge in [-0.3, -0.25) is 14.6 Å². The van der Waals surface area contributed by atoms with Crippen LogP contribution >= 0.6 is 0 Å². The minimum atomic E-state index is -0.210. The van der Waals surface area contributed by atoms with Crippen LogP contribution in [0, 0.1) is 12.8 Å². The molecule has 2 aromatic heterocycles. The lowest BCUT2D eigenvalue weighted by Crippen LogP contribution is -2.50. The van der Waals surface area contributed by atoms with Crippen LogP contribution in [-0.4, -0.2) is 46.4 Å². The van der Waals surface area contributed by atoms with E-state index in [1.165, 1.54) is 0 Å². The van der Waals surface area contributed by atoms with Gasteiger partial charge in [0, 0.05) is 25.4 Å². The Hall–Kier alpha value is -2.81. The second kappa shape index (κ2) is 9.41. The van der Waals surface area contributed by atoms with Crippen molar-refractivity contribution >= 4 is 11.8 Å². The molecule has 0 unspecified atom stereocenters. The Morgan fingerprint density at radius 2 is 2.18 bits per heavy atom. The van der Waals surface area contributed by atoms with Gasteiger partial charge < -0.3 is 15.4 Å². The number of aromatic nitrogens is 3. The fraction of sp³-hybridized carbons (Fsp3) is 0.526. The third-order valence-corrected chi connectivity index (χ3v) is 5.08. The van der Waals surface area contributed by atoms with Crippen molar-refractivity contribution in [3.63, 3.8) is 0 Å². The lowest BCUT2D eigenvalue weighted by atomic mass is 9.83. The first-order chi connectivity index (χ1) is 13.6. The van der Waals surface area contributed by atoms with E-state index in [0.717, 1.165) is 5.56 Å². The summed E-state index contributed by atoms with van der Waals surface area (Å²) in [5.74, 6) is -0.293. The molecule has 1 saturated carbocycles. The normalized spacial score (nSPS) is 21.9. The Balaban J connectivity index is 1.49. The van der Waals surface area contributed by atoms with Gasteiger partial charge in [-0.15, -0.1) is 0 Å². The third-order valence-electron chi connectivity index (χ3n) is 5.08. The molecule has 1 aliphatic carbocycles. The summed E-state index contributed by atoms with van der Waals surface area (Å²) < 4.78 is 10.2. The monoisotopic (exact) mass is 387 g/mol. The predicted octanol–water partition coefficient (Wildman–Crippen LogP) is 0.932. The Bertz CT molecular complexity index is 795. The molecule has 2 aromatic rings. The highest BCUT2D eigenvalue weighted by Gasteiger charge is 2.34. The van der Waals surface area contributed by atoms with Gasteiger partial charge in [0.15, 0.2) is 0 Å². The first kappa shape index (κ1) is 19.9. The molecule has 2 amide bonds. The van der Waals surface area contributed by atoms with E-state index in [9.17, 15) is 9.59 Å². The van der Waals surface area contributed by atoms with Gasteiger partial charge in [0.2, 0.25) is 11.8 Å². The molecule has 1 aliphatic rings. The molecule has 9 nitrogen and oxygen atoms in total. The lowest BCUT2D eigenvalue weighted by Gasteiger charge is -2.35. The van der Waals surface area contributed by atoms with Gasteiger partial charge in [0.05, 0.1) is 25.1 Å². The number of methoxy groups -OCH3 is 1. The number of hydrogen-bond acceptors (Lipinski definition) is 7. The van der Waals surface area contributed by atoms with E-state index in [0.29, 0.717) is 30.7 Å². The smallest absolute Gasteiger partial charge is 0.224 e. The molecule has 0 bridgehead atoms. The molecule has 0 aromatic carbocycles. The number of carbonyl (C=O) groups excluding carboxylic acids is 2. The summed E-state index contributed by atoms with van der Waals surface area (Å²) in [6.07, 6.45) is 5.33. The van der Waals surface area contributed by atoms with Gasteiger partial charge in [-0.25, -0.2) is 4.63 Å². The Morgan fingerprint density at radius 1 is 1.32 bits per heavy atom. The second-order valence-corrected chi connectivity index (χ2v) is 7.01. The van der Waals surface area contributed by atoms with E-state index in [-0.39, 0.29) is 42.8 Å². The van der Waals surface area contributed by atoms with E-state index in [2.05, 4.69) is 30.6 Å². The topological polar surface area (TPSA) is 119 Å². The summed E-state index contributed by atoms with van der Waals surface area (Å²) in [5.41, 5.74) is 2.14. The molecular weight excluding hydrogens is 362 g/mol. The number of nitrogens with zero attached hydrogens (tertiary/aromatic N) is 3. The molecule has 2 N–H and O–H groups in total. The summed E-state index contributed by atoms with van der Waals surface area (Å²) in [6.45, 7) is 2.06. The summed E-state index contributed by atoms with van der Waals surface area (Å²) in [5, 5.41) is 13.4. The fourth-order valence-corrected chi connectivity index (χ4v) is 3.46. The first-order valence-electron chi connectivity index (χ1n) is 9.33.